The fourth-order valence-corrected chi connectivity index (χ4v) is 2.47. The number of rotatable bonds is 6. The van der Waals surface area contributed by atoms with Gasteiger partial charge < -0.3 is 10.1 Å². The van der Waals surface area contributed by atoms with Gasteiger partial charge in [0.25, 0.3) is 0 Å². The lowest BCUT2D eigenvalue weighted by molar-refractivity contribution is 0.335. The fourth-order valence-electron chi connectivity index (χ4n) is 1.88. The Kier molecular flexibility index (Phi) is 7.83. The minimum absolute atomic E-state index is 0. The molecule has 0 unspecified atom stereocenters. The van der Waals surface area contributed by atoms with Crippen LogP contribution in [0.3, 0.4) is 0 Å². The summed E-state index contributed by atoms with van der Waals surface area (Å²) in [7, 11) is 0. The van der Waals surface area contributed by atoms with E-state index in [2.05, 4.69) is 10.3 Å². The largest absolute Gasteiger partial charge is 0.492 e. The van der Waals surface area contributed by atoms with Crippen molar-refractivity contribution in [1.29, 1.82) is 0 Å². The van der Waals surface area contributed by atoms with E-state index in [0.29, 0.717) is 35.5 Å². The molecule has 0 aliphatic heterocycles. The first-order valence-corrected chi connectivity index (χ1v) is 7.17. The molecule has 1 N–H and O–H groups in total. The van der Waals surface area contributed by atoms with Gasteiger partial charge in [-0.3, -0.25) is 4.98 Å². The minimum atomic E-state index is 0. The summed E-state index contributed by atoms with van der Waals surface area (Å²) < 4.78 is 5.58. The lowest BCUT2D eigenvalue weighted by atomic mass is 10.2. The number of ether oxygens (including phenoxy) is 1. The SMILES string of the molecule is CCOc1c(Cl)cc(Cl)cc1CNCc1ccccn1.Cl. The Hall–Kier alpha value is -1.00. The average molecular weight is 348 g/mol. The molecule has 0 radical (unpaired) electrons. The first-order chi connectivity index (χ1) is 9.70. The fraction of sp³-hybridized carbons (Fsp3) is 0.267. The summed E-state index contributed by atoms with van der Waals surface area (Å²) in [5, 5.41) is 4.45. The van der Waals surface area contributed by atoms with Gasteiger partial charge in [0.15, 0.2) is 0 Å². The Balaban J connectivity index is 0.00000220. The van der Waals surface area contributed by atoms with Crippen LogP contribution >= 0.6 is 35.6 Å². The highest BCUT2D eigenvalue weighted by Gasteiger charge is 2.10. The molecule has 6 heteroatoms. The van der Waals surface area contributed by atoms with Crippen LogP contribution in [-0.4, -0.2) is 11.6 Å². The Labute approximate surface area is 141 Å². The van der Waals surface area contributed by atoms with Crippen molar-refractivity contribution in [3.63, 3.8) is 0 Å². The molecule has 1 heterocycles. The number of benzene rings is 1. The molecule has 2 aromatic rings. The van der Waals surface area contributed by atoms with Gasteiger partial charge in [-0.1, -0.05) is 29.3 Å². The van der Waals surface area contributed by atoms with Gasteiger partial charge in [-0.05, 0) is 31.2 Å². The Morgan fingerprint density at radius 1 is 1.19 bits per heavy atom. The van der Waals surface area contributed by atoms with E-state index in [1.807, 2.05) is 31.2 Å². The third kappa shape index (κ3) is 5.36. The first-order valence-electron chi connectivity index (χ1n) is 6.42. The van der Waals surface area contributed by atoms with Gasteiger partial charge >= 0.3 is 0 Å². The third-order valence-corrected chi connectivity index (χ3v) is 3.22. The smallest absolute Gasteiger partial charge is 0.142 e. The number of halogens is 3. The highest BCUT2D eigenvalue weighted by Crippen LogP contribution is 2.32. The van der Waals surface area contributed by atoms with Crippen LogP contribution in [0, 0.1) is 0 Å². The normalized spacial score (nSPS) is 10.0. The summed E-state index contributed by atoms with van der Waals surface area (Å²) in [6.45, 7) is 3.79. The molecule has 0 aliphatic carbocycles. The second-order valence-corrected chi connectivity index (χ2v) is 5.08. The number of hydrogen-bond acceptors (Lipinski definition) is 3. The minimum Gasteiger partial charge on any atom is -0.492 e. The standard InChI is InChI=1S/C15H16Cl2N2O.ClH/c1-2-20-15-11(7-12(16)8-14(15)17)9-18-10-13-5-3-4-6-19-13;/h3-8,18H,2,9-10H2,1H3;1H. The van der Waals surface area contributed by atoms with Crippen LogP contribution in [0.1, 0.15) is 18.2 Å². The zero-order valence-corrected chi connectivity index (χ0v) is 13.9. The van der Waals surface area contributed by atoms with E-state index in [-0.39, 0.29) is 12.4 Å². The van der Waals surface area contributed by atoms with Crippen LogP contribution in [0.25, 0.3) is 0 Å². The van der Waals surface area contributed by atoms with E-state index in [9.17, 15) is 0 Å². The number of aromatic nitrogens is 1. The summed E-state index contributed by atoms with van der Waals surface area (Å²) in [5.41, 5.74) is 1.93. The molecule has 2 rings (SSSR count). The molecular weight excluding hydrogens is 331 g/mol. The molecule has 0 saturated carbocycles. The molecule has 0 saturated heterocycles. The van der Waals surface area contributed by atoms with E-state index in [1.165, 1.54) is 0 Å². The predicted octanol–water partition coefficient (Wildman–Crippen LogP) is 4.50. The molecule has 114 valence electrons. The van der Waals surface area contributed by atoms with Gasteiger partial charge in [-0.25, -0.2) is 0 Å². The second kappa shape index (κ2) is 9.11. The molecule has 1 aromatic heterocycles. The van der Waals surface area contributed by atoms with Crippen LogP contribution in [0.5, 0.6) is 5.75 Å². The summed E-state index contributed by atoms with van der Waals surface area (Å²) in [6.07, 6.45) is 1.78. The van der Waals surface area contributed by atoms with Crippen LogP contribution in [0.2, 0.25) is 10.0 Å². The summed E-state index contributed by atoms with van der Waals surface area (Å²) in [5.74, 6) is 0.687. The number of nitrogens with one attached hydrogen (secondary N) is 1. The second-order valence-electron chi connectivity index (χ2n) is 4.23. The number of hydrogen-bond donors (Lipinski definition) is 1. The van der Waals surface area contributed by atoms with Crippen molar-refractivity contribution in [2.24, 2.45) is 0 Å². The van der Waals surface area contributed by atoms with Gasteiger partial charge in [-0.15, -0.1) is 12.4 Å². The van der Waals surface area contributed by atoms with Crippen molar-refractivity contribution < 1.29 is 4.74 Å². The van der Waals surface area contributed by atoms with Crippen molar-refractivity contribution in [2.45, 2.75) is 20.0 Å². The van der Waals surface area contributed by atoms with Crippen LogP contribution in [0.15, 0.2) is 36.5 Å². The lowest BCUT2D eigenvalue weighted by Gasteiger charge is -2.13. The number of nitrogens with zero attached hydrogens (tertiary/aromatic N) is 1. The van der Waals surface area contributed by atoms with Gasteiger partial charge in [0.05, 0.1) is 17.3 Å². The van der Waals surface area contributed by atoms with Crippen molar-refractivity contribution in [2.75, 3.05) is 6.61 Å². The van der Waals surface area contributed by atoms with E-state index < -0.39 is 0 Å². The Morgan fingerprint density at radius 2 is 2.00 bits per heavy atom. The molecule has 1 aromatic carbocycles. The topological polar surface area (TPSA) is 34.1 Å². The highest BCUT2D eigenvalue weighted by molar-refractivity contribution is 6.35. The zero-order chi connectivity index (χ0) is 14.4. The monoisotopic (exact) mass is 346 g/mol. The maximum atomic E-state index is 6.16. The third-order valence-electron chi connectivity index (χ3n) is 2.72. The Bertz CT molecular complexity index is 564. The van der Waals surface area contributed by atoms with Gasteiger partial charge in [0, 0.05) is 29.9 Å². The molecule has 0 amide bonds. The van der Waals surface area contributed by atoms with Crippen molar-refractivity contribution in [1.82, 2.24) is 10.3 Å². The first kappa shape index (κ1) is 18.1. The van der Waals surface area contributed by atoms with Crippen LogP contribution < -0.4 is 10.1 Å². The maximum absolute atomic E-state index is 6.16. The average Bonchev–Trinajstić information content (AvgIpc) is 2.43. The van der Waals surface area contributed by atoms with E-state index in [4.69, 9.17) is 27.9 Å². The van der Waals surface area contributed by atoms with E-state index in [1.54, 1.807) is 12.3 Å². The summed E-state index contributed by atoms with van der Waals surface area (Å²) in [4.78, 5) is 4.26. The summed E-state index contributed by atoms with van der Waals surface area (Å²) >= 11 is 12.2. The van der Waals surface area contributed by atoms with Crippen LogP contribution in [-0.2, 0) is 13.1 Å². The molecule has 0 spiro atoms. The van der Waals surface area contributed by atoms with Gasteiger partial charge in [-0.2, -0.15) is 0 Å². The summed E-state index contributed by atoms with van der Waals surface area (Å²) in [6, 6.07) is 9.39. The molecule has 0 bridgehead atoms. The molecule has 0 aliphatic rings. The Morgan fingerprint density at radius 3 is 2.67 bits per heavy atom. The predicted molar refractivity (Wildman–Crippen MR) is 89.7 cm³/mol. The van der Waals surface area contributed by atoms with E-state index >= 15 is 0 Å². The van der Waals surface area contributed by atoms with Crippen LogP contribution in [0.4, 0.5) is 0 Å². The quantitative estimate of drug-likeness (QED) is 0.835. The van der Waals surface area contributed by atoms with Gasteiger partial charge in [0.1, 0.15) is 5.75 Å². The molecule has 21 heavy (non-hydrogen) atoms. The van der Waals surface area contributed by atoms with Crippen molar-refractivity contribution in [3.8, 4) is 5.75 Å². The maximum Gasteiger partial charge on any atom is 0.142 e. The molecule has 0 fully saturated rings. The van der Waals surface area contributed by atoms with Gasteiger partial charge in [0.2, 0.25) is 0 Å². The lowest BCUT2D eigenvalue weighted by Crippen LogP contribution is -2.14. The molecular formula is C15H17Cl3N2O. The highest BCUT2D eigenvalue weighted by atomic mass is 35.5. The number of pyridine rings is 1. The zero-order valence-electron chi connectivity index (χ0n) is 11.6. The van der Waals surface area contributed by atoms with Crippen molar-refractivity contribution >= 4 is 35.6 Å². The molecule has 3 nitrogen and oxygen atoms in total. The molecule has 0 atom stereocenters. The van der Waals surface area contributed by atoms with Crippen molar-refractivity contribution in [3.05, 3.63) is 57.8 Å². The van der Waals surface area contributed by atoms with E-state index in [0.717, 1.165) is 11.3 Å².